The number of likely N-dealkylation sites (N-methyl/N-ethyl adjacent to an activating group) is 1. The number of hydrogen-bond acceptors (Lipinski definition) is 5. The molecule has 1 aromatic rings. The summed E-state index contributed by atoms with van der Waals surface area (Å²) in [7, 11) is 0. The Bertz CT molecular complexity index is 382. The molecule has 2 N–H and O–H groups in total. The van der Waals surface area contributed by atoms with Crippen molar-refractivity contribution in [1.29, 1.82) is 0 Å². The van der Waals surface area contributed by atoms with Crippen LogP contribution in [0, 0.1) is 0 Å². The number of ether oxygens (including phenoxy) is 1. The van der Waals surface area contributed by atoms with Crippen LogP contribution in [0.4, 0.5) is 0 Å². The summed E-state index contributed by atoms with van der Waals surface area (Å²) in [6.07, 6.45) is 1.73. The predicted molar refractivity (Wildman–Crippen MR) is 69.7 cm³/mol. The number of carbonyl (C=O) groups excluding carboxylic acids is 1. The molecule has 1 rings (SSSR count). The van der Waals surface area contributed by atoms with E-state index in [0.29, 0.717) is 26.2 Å². The molecule has 0 aliphatic heterocycles. The van der Waals surface area contributed by atoms with Crippen LogP contribution in [-0.4, -0.2) is 35.5 Å². The summed E-state index contributed by atoms with van der Waals surface area (Å²) in [5, 5.41) is 0. The van der Waals surface area contributed by atoms with Gasteiger partial charge in [-0.1, -0.05) is 13.0 Å². The molecule has 5 nitrogen and oxygen atoms in total. The molecule has 0 amide bonds. The van der Waals surface area contributed by atoms with Crippen molar-refractivity contribution >= 4 is 5.97 Å². The normalized spacial score (nSPS) is 10.7. The number of rotatable bonds is 7. The molecule has 1 heterocycles. The van der Waals surface area contributed by atoms with Gasteiger partial charge in [0.05, 0.1) is 18.8 Å². The summed E-state index contributed by atoms with van der Waals surface area (Å²) >= 11 is 0. The maximum Gasteiger partial charge on any atom is 0.320 e. The van der Waals surface area contributed by atoms with E-state index in [9.17, 15) is 4.79 Å². The van der Waals surface area contributed by atoms with E-state index in [2.05, 4.69) is 4.98 Å². The summed E-state index contributed by atoms with van der Waals surface area (Å²) in [5.74, 6) is -0.197. The second-order valence-electron chi connectivity index (χ2n) is 3.92. The van der Waals surface area contributed by atoms with E-state index >= 15 is 0 Å². The van der Waals surface area contributed by atoms with Gasteiger partial charge < -0.3 is 10.5 Å². The fourth-order valence-corrected chi connectivity index (χ4v) is 1.71. The highest BCUT2D eigenvalue weighted by Crippen LogP contribution is 2.08. The first-order chi connectivity index (χ1) is 8.71. The summed E-state index contributed by atoms with van der Waals surface area (Å²) in [6, 6.07) is 3.87. The van der Waals surface area contributed by atoms with Crippen molar-refractivity contribution in [3.05, 3.63) is 29.6 Å². The smallest absolute Gasteiger partial charge is 0.320 e. The number of esters is 1. The lowest BCUT2D eigenvalue weighted by molar-refractivity contribution is -0.144. The van der Waals surface area contributed by atoms with Gasteiger partial charge in [-0.25, -0.2) is 0 Å². The standard InChI is InChI=1S/C13H21N3O2/c1-3-16(10-13(17)18-4-2)9-11-6-5-7-15-12(11)8-14/h5-7H,3-4,8-10,14H2,1-2H3. The summed E-state index contributed by atoms with van der Waals surface area (Å²) in [4.78, 5) is 17.7. The van der Waals surface area contributed by atoms with Crippen LogP contribution in [0.25, 0.3) is 0 Å². The Kier molecular flexibility index (Phi) is 6.32. The van der Waals surface area contributed by atoms with Crippen LogP contribution in [0.15, 0.2) is 18.3 Å². The summed E-state index contributed by atoms with van der Waals surface area (Å²) in [6.45, 7) is 6.38. The van der Waals surface area contributed by atoms with Crippen molar-refractivity contribution in [3.8, 4) is 0 Å². The quantitative estimate of drug-likeness (QED) is 0.730. The molecule has 18 heavy (non-hydrogen) atoms. The van der Waals surface area contributed by atoms with Gasteiger partial charge in [0, 0.05) is 19.3 Å². The third-order valence-corrected chi connectivity index (χ3v) is 2.68. The SMILES string of the molecule is CCOC(=O)CN(CC)Cc1cccnc1CN. The molecule has 100 valence electrons. The Balaban J connectivity index is 2.64. The molecule has 0 spiro atoms. The van der Waals surface area contributed by atoms with E-state index in [1.807, 2.05) is 30.9 Å². The van der Waals surface area contributed by atoms with Gasteiger partial charge in [-0.15, -0.1) is 0 Å². The molecule has 0 atom stereocenters. The zero-order valence-corrected chi connectivity index (χ0v) is 11.1. The van der Waals surface area contributed by atoms with Gasteiger partial charge in [0.25, 0.3) is 0 Å². The number of nitrogens with two attached hydrogens (primary N) is 1. The number of carbonyl (C=O) groups is 1. The molecule has 0 unspecified atom stereocenters. The Morgan fingerprint density at radius 2 is 2.28 bits per heavy atom. The van der Waals surface area contributed by atoms with Gasteiger partial charge in [-0.2, -0.15) is 0 Å². The molecule has 0 radical (unpaired) electrons. The van der Waals surface area contributed by atoms with E-state index in [-0.39, 0.29) is 5.97 Å². The van der Waals surface area contributed by atoms with Gasteiger partial charge in [0.1, 0.15) is 0 Å². The first-order valence-corrected chi connectivity index (χ1v) is 6.22. The summed E-state index contributed by atoms with van der Waals surface area (Å²) in [5.41, 5.74) is 7.58. The van der Waals surface area contributed by atoms with Crippen LogP contribution >= 0.6 is 0 Å². The average molecular weight is 251 g/mol. The number of pyridine rings is 1. The third kappa shape index (κ3) is 4.43. The molecule has 0 aliphatic carbocycles. The fourth-order valence-electron chi connectivity index (χ4n) is 1.71. The first kappa shape index (κ1) is 14.6. The minimum atomic E-state index is -0.197. The highest BCUT2D eigenvalue weighted by molar-refractivity contribution is 5.71. The van der Waals surface area contributed by atoms with Crippen molar-refractivity contribution in [2.24, 2.45) is 5.73 Å². The van der Waals surface area contributed by atoms with E-state index < -0.39 is 0 Å². The Labute approximate surface area is 108 Å². The lowest BCUT2D eigenvalue weighted by atomic mass is 10.2. The zero-order valence-electron chi connectivity index (χ0n) is 11.1. The van der Waals surface area contributed by atoms with Crippen LogP contribution in [0.1, 0.15) is 25.1 Å². The van der Waals surface area contributed by atoms with Gasteiger partial charge in [-0.05, 0) is 25.1 Å². The molecule has 0 saturated heterocycles. The number of nitrogens with zero attached hydrogens (tertiary/aromatic N) is 2. The Morgan fingerprint density at radius 1 is 1.50 bits per heavy atom. The highest BCUT2D eigenvalue weighted by Gasteiger charge is 2.12. The van der Waals surface area contributed by atoms with Gasteiger partial charge >= 0.3 is 5.97 Å². The third-order valence-electron chi connectivity index (χ3n) is 2.68. The van der Waals surface area contributed by atoms with E-state index in [1.165, 1.54) is 0 Å². The number of aromatic nitrogens is 1. The molecule has 5 heteroatoms. The monoisotopic (exact) mass is 251 g/mol. The van der Waals surface area contributed by atoms with Crippen molar-refractivity contribution in [1.82, 2.24) is 9.88 Å². The molecule has 0 bridgehead atoms. The maximum atomic E-state index is 11.5. The number of hydrogen-bond donors (Lipinski definition) is 1. The van der Waals surface area contributed by atoms with Crippen molar-refractivity contribution in [2.75, 3.05) is 19.7 Å². The fraction of sp³-hybridized carbons (Fsp3) is 0.538. The Morgan fingerprint density at radius 3 is 2.89 bits per heavy atom. The maximum absolute atomic E-state index is 11.5. The van der Waals surface area contributed by atoms with Crippen LogP contribution in [-0.2, 0) is 22.6 Å². The molecular weight excluding hydrogens is 230 g/mol. The van der Waals surface area contributed by atoms with Gasteiger partial charge in [0.15, 0.2) is 0 Å². The van der Waals surface area contributed by atoms with Crippen LogP contribution in [0.2, 0.25) is 0 Å². The highest BCUT2D eigenvalue weighted by atomic mass is 16.5. The van der Waals surface area contributed by atoms with Crippen molar-refractivity contribution < 1.29 is 9.53 Å². The van der Waals surface area contributed by atoms with Crippen molar-refractivity contribution in [3.63, 3.8) is 0 Å². The lowest BCUT2D eigenvalue weighted by Gasteiger charge is -2.20. The average Bonchev–Trinajstić information content (AvgIpc) is 2.38. The van der Waals surface area contributed by atoms with Gasteiger partial charge in [0.2, 0.25) is 0 Å². The Hall–Kier alpha value is -1.46. The molecule has 0 saturated carbocycles. The largest absolute Gasteiger partial charge is 0.465 e. The van der Waals surface area contributed by atoms with E-state index in [4.69, 9.17) is 10.5 Å². The lowest BCUT2D eigenvalue weighted by Crippen LogP contribution is -2.31. The first-order valence-electron chi connectivity index (χ1n) is 6.22. The van der Waals surface area contributed by atoms with Crippen LogP contribution in [0.5, 0.6) is 0 Å². The van der Waals surface area contributed by atoms with E-state index in [1.54, 1.807) is 6.20 Å². The van der Waals surface area contributed by atoms with Crippen LogP contribution < -0.4 is 5.73 Å². The minimum Gasteiger partial charge on any atom is -0.465 e. The van der Waals surface area contributed by atoms with Gasteiger partial charge in [-0.3, -0.25) is 14.7 Å². The second kappa shape index (κ2) is 7.79. The topological polar surface area (TPSA) is 68.5 Å². The zero-order chi connectivity index (χ0) is 13.4. The van der Waals surface area contributed by atoms with E-state index in [0.717, 1.165) is 17.8 Å². The predicted octanol–water partition coefficient (Wildman–Crippen LogP) is 0.925. The van der Waals surface area contributed by atoms with Crippen molar-refractivity contribution in [2.45, 2.75) is 26.9 Å². The van der Waals surface area contributed by atoms with Crippen LogP contribution in [0.3, 0.4) is 0 Å². The molecule has 1 aromatic heterocycles. The minimum absolute atomic E-state index is 0.197. The molecule has 0 aliphatic rings. The second-order valence-corrected chi connectivity index (χ2v) is 3.92. The molecular formula is C13H21N3O2. The summed E-state index contributed by atoms with van der Waals surface area (Å²) < 4.78 is 4.95. The molecule has 0 fully saturated rings. The molecule has 0 aromatic carbocycles.